The number of amides is 1. The summed E-state index contributed by atoms with van der Waals surface area (Å²) in [4.78, 5) is 24.2. The van der Waals surface area contributed by atoms with E-state index in [-0.39, 0.29) is 29.5 Å². The Morgan fingerprint density at radius 3 is 2.76 bits per heavy atom. The van der Waals surface area contributed by atoms with Crippen molar-refractivity contribution < 1.29 is 4.79 Å². The molecular formula is C13H19N7O. The van der Waals surface area contributed by atoms with Gasteiger partial charge in [0.1, 0.15) is 18.3 Å². The molecule has 0 aliphatic heterocycles. The molecule has 1 atom stereocenters. The van der Waals surface area contributed by atoms with Crippen LogP contribution in [0.5, 0.6) is 0 Å². The van der Waals surface area contributed by atoms with Gasteiger partial charge >= 0.3 is 0 Å². The number of nitrogen functional groups attached to an aromatic ring is 1. The second-order valence-electron chi connectivity index (χ2n) is 5.18. The largest absolute Gasteiger partial charge is 0.368 e. The molecule has 112 valence electrons. The van der Waals surface area contributed by atoms with Crippen LogP contribution in [0.1, 0.15) is 42.9 Å². The first kappa shape index (κ1) is 14.9. The lowest BCUT2D eigenvalue weighted by molar-refractivity contribution is 0.0930. The van der Waals surface area contributed by atoms with Gasteiger partial charge in [-0.1, -0.05) is 13.8 Å². The average Bonchev–Trinajstić information content (AvgIpc) is 2.90. The molecule has 0 aromatic carbocycles. The zero-order valence-corrected chi connectivity index (χ0v) is 12.3. The van der Waals surface area contributed by atoms with Gasteiger partial charge in [-0.05, 0) is 18.9 Å². The molecular weight excluding hydrogens is 270 g/mol. The Labute approximate surface area is 122 Å². The van der Waals surface area contributed by atoms with Crippen LogP contribution in [0.4, 0.5) is 5.95 Å². The van der Waals surface area contributed by atoms with Gasteiger partial charge in [0.15, 0.2) is 0 Å². The van der Waals surface area contributed by atoms with Crippen LogP contribution in [0.2, 0.25) is 0 Å². The summed E-state index contributed by atoms with van der Waals surface area (Å²) in [5, 5.41) is 6.85. The van der Waals surface area contributed by atoms with E-state index >= 15 is 0 Å². The van der Waals surface area contributed by atoms with Gasteiger partial charge in [-0.3, -0.25) is 9.48 Å². The van der Waals surface area contributed by atoms with Gasteiger partial charge in [-0.15, -0.1) is 0 Å². The Morgan fingerprint density at radius 2 is 2.14 bits per heavy atom. The Kier molecular flexibility index (Phi) is 4.46. The van der Waals surface area contributed by atoms with Gasteiger partial charge in [0, 0.05) is 11.7 Å². The van der Waals surface area contributed by atoms with Crippen molar-refractivity contribution >= 4 is 11.9 Å². The molecule has 2 rings (SSSR count). The van der Waals surface area contributed by atoms with E-state index < -0.39 is 0 Å². The summed E-state index contributed by atoms with van der Waals surface area (Å²) in [6.45, 7) is 6.38. The van der Waals surface area contributed by atoms with Crippen LogP contribution in [-0.2, 0) is 6.54 Å². The minimum Gasteiger partial charge on any atom is -0.368 e. The van der Waals surface area contributed by atoms with E-state index in [9.17, 15) is 4.79 Å². The number of rotatable bonds is 5. The summed E-state index contributed by atoms with van der Waals surface area (Å²) in [6, 6.07) is 1.55. The first-order chi connectivity index (χ1) is 9.95. The standard InChI is InChI=1S/C13H19N7O/c1-8(2)10-4-11(19-13(14)18-10)12(21)17-9(3)5-20-7-15-6-16-20/h4,6-9H,5H2,1-3H3,(H,17,21)(H2,14,18,19). The zero-order valence-electron chi connectivity index (χ0n) is 12.3. The predicted molar refractivity (Wildman–Crippen MR) is 77.5 cm³/mol. The molecule has 2 aromatic heterocycles. The minimum absolute atomic E-state index is 0.107. The highest BCUT2D eigenvalue weighted by atomic mass is 16.1. The lowest BCUT2D eigenvalue weighted by Crippen LogP contribution is -2.36. The van der Waals surface area contributed by atoms with Crippen LogP contribution in [-0.4, -0.2) is 36.7 Å². The fourth-order valence-electron chi connectivity index (χ4n) is 1.85. The number of anilines is 1. The maximum Gasteiger partial charge on any atom is 0.270 e. The quantitative estimate of drug-likeness (QED) is 0.833. The van der Waals surface area contributed by atoms with Crippen LogP contribution in [0.25, 0.3) is 0 Å². The first-order valence-electron chi connectivity index (χ1n) is 6.73. The summed E-state index contributed by atoms with van der Waals surface area (Å²) in [7, 11) is 0. The van der Waals surface area contributed by atoms with Crippen molar-refractivity contribution in [2.24, 2.45) is 0 Å². The number of nitrogens with two attached hydrogens (primary N) is 1. The molecule has 8 nitrogen and oxygen atoms in total. The fourth-order valence-corrected chi connectivity index (χ4v) is 1.85. The second kappa shape index (κ2) is 6.29. The summed E-state index contributed by atoms with van der Waals surface area (Å²) in [5.41, 5.74) is 6.67. The smallest absolute Gasteiger partial charge is 0.270 e. The summed E-state index contributed by atoms with van der Waals surface area (Å²) >= 11 is 0. The maximum absolute atomic E-state index is 12.2. The highest BCUT2D eigenvalue weighted by molar-refractivity contribution is 5.92. The van der Waals surface area contributed by atoms with Gasteiger partial charge in [-0.2, -0.15) is 5.10 Å². The van der Waals surface area contributed by atoms with Crippen LogP contribution < -0.4 is 11.1 Å². The van der Waals surface area contributed by atoms with Crippen molar-refractivity contribution in [2.45, 2.75) is 39.3 Å². The van der Waals surface area contributed by atoms with Gasteiger partial charge in [0.05, 0.1) is 6.54 Å². The first-order valence-corrected chi connectivity index (χ1v) is 6.73. The SMILES string of the molecule is CC(Cn1cncn1)NC(=O)c1cc(C(C)C)nc(N)n1. The molecule has 1 amide bonds. The van der Waals surface area contributed by atoms with E-state index in [1.165, 1.54) is 6.33 Å². The van der Waals surface area contributed by atoms with Gasteiger partial charge in [-0.25, -0.2) is 15.0 Å². The molecule has 2 heterocycles. The average molecular weight is 289 g/mol. The Bertz CT molecular complexity index is 609. The van der Waals surface area contributed by atoms with Crippen molar-refractivity contribution in [3.05, 3.63) is 30.1 Å². The summed E-state index contributed by atoms with van der Waals surface area (Å²) in [6.07, 6.45) is 3.05. The van der Waals surface area contributed by atoms with Crippen molar-refractivity contribution in [3.8, 4) is 0 Å². The predicted octanol–water partition coefficient (Wildman–Crippen LogP) is 0.592. The van der Waals surface area contributed by atoms with E-state index in [0.717, 1.165) is 5.69 Å². The molecule has 21 heavy (non-hydrogen) atoms. The molecule has 0 saturated heterocycles. The lowest BCUT2D eigenvalue weighted by atomic mass is 10.1. The van der Waals surface area contributed by atoms with Gasteiger partial charge in [0.2, 0.25) is 5.95 Å². The van der Waals surface area contributed by atoms with Crippen molar-refractivity contribution in [2.75, 3.05) is 5.73 Å². The molecule has 0 bridgehead atoms. The molecule has 0 radical (unpaired) electrons. The molecule has 3 N–H and O–H groups in total. The molecule has 0 aliphatic carbocycles. The number of hydrogen-bond acceptors (Lipinski definition) is 6. The molecule has 0 spiro atoms. The van der Waals surface area contributed by atoms with E-state index in [0.29, 0.717) is 6.54 Å². The molecule has 2 aromatic rings. The van der Waals surface area contributed by atoms with Crippen molar-refractivity contribution in [1.82, 2.24) is 30.0 Å². The van der Waals surface area contributed by atoms with Crippen LogP contribution in [0.3, 0.4) is 0 Å². The minimum atomic E-state index is -0.279. The Hall–Kier alpha value is -2.51. The van der Waals surface area contributed by atoms with Crippen LogP contribution >= 0.6 is 0 Å². The highest BCUT2D eigenvalue weighted by Crippen LogP contribution is 2.13. The van der Waals surface area contributed by atoms with E-state index in [2.05, 4.69) is 25.4 Å². The van der Waals surface area contributed by atoms with E-state index in [1.54, 1.807) is 17.1 Å². The van der Waals surface area contributed by atoms with Crippen LogP contribution in [0.15, 0.2) is 18.7 Å². The number of nitrogens with zero attached hydrogens (tertiary/aromatic N) is 5. The summed E-state index contributed by atoms with van der Waals surface area (Å²) < 4.78 is 1.65. The number of carbonyl (C=O) groups is 1. The molecule has 0 fully saturated rings. The number of nitrogens with one attached hydrogen (secondary N) is 1. The molecule has 0 aliphatic rings. The topological polar surface area (TPSA) is 112 Å². The normalized spacial score (nSPS) is 12.4. The third-order valence-electron chi connectivity index (χ3n) is 2.89. The Morgan fingerprint density at radius 1 is 1.38 bits per heavy atom. The van der Waals surface area contributed by atoms with Gasteiger partial charge in [0.25, 0.3) is 5.91 Å². The van der Waals surface area contributed by atoms with Crippen molar-refractivity contribution in [3.63, 3.8) is 0 Å². The van der Waals surface area contributed by atoms with E-state index in [4.69, 9.17) is 5.73 Å². The maximum atomic E-state index is 12.2. The molecule has 8 heteroatoms. The van der Waals surface area contributed by atoms with E-state index in [1.807, 2.05) is 20.8 Å². The third-order valence-corrected chi connectivity index (χ3v) is 2.89. The van der Waals surface area contributed by atoms with Crippen molar-refractivity contribution in [1.29, 1.82) is 0 Å². The number of hydrogen-bond donors (Lipinski definition) is 2. The number of carbonyl (C=O) groups excluding carboxylic acids is 1. The highest BCUT2D eigenvalue weighted by Gasteiger charge is 2.15. The number of aromatic nitrogens is 5. The van der Waals surface area contributed by atoms with Crippen LogP contribution in [0, 0.1) is 0 Å². The summed E-state index contributed by atoms with van der Waals surface area (Å²) in [5.74, 6) is 0.00307. The molecule has 0 saturated carbocycles. The zero-order chi connectivity index (χ0) is 15.4. The Balaban J connectivity index is 2.06. The third kappa shape index (κ3) is 3.98. The van der Waals surface area contributed by atoms with Gasteiger partial charge < -0.3 is 11.1 Å². The fraction of sp³-hybridized carbons (Fsp3) is 0.462. The second-order valence-corrected chi connectivity index (χ2v) is 5.18. The lowest BCUT2D eigenvalue weighted by Gasteiger charge is -2.14. The molecule has 1 unspecified atom stereocenters. The monoisotopic (exact) mass is 289 g/mol.